The normalized spacial score (nSPS) is 28.4. The molecule has 1 aromatic rings. The summed E-state index contributed by atoms with van der Waals surface area (Å²) in [5.41, 5.74) is 0.312. The summed E-state index contributed by atoms with van der Waals surface area (Å²) in [6.07, 6.45) is 5.16. The Bertz CT molecular complexity index is 698. The van der Waals surface area contributed by atoms with E-state index in [1.165, 1.54) is 25.3 Å². The molecule has 1 saturated heterocycles. The van der Waals surface area contributed by atoms with Crippen LogP contribution < -0.4 is 15.4 Å². The van der Waals surface area contributed by atoms with Gasteiger partial charge < -0.3 is 20.1 Å². The molecule has 2 saturated carbocycles. The molecule has 4 unspecified atom stereocenters. The summed E-state index contributed by atoms with van der Waals surface area (Å²) in [5, 5.41) is 7.03. The minimum Gasteiger partial charge on any atom is -0.486 e. The Morgan fingerprint density at radius 2 is 2.18 bits per heavy atom. The van der Waals surface area contributed by atoms with Gasteiger partial charge in [0.1, 0.15) is 6.10 Å². The van der Waals surface area contributed by atoms with Crippen LogP contribution in [0.2, 0.25) is 0 Å². The van der Waals surface area contributed by atoms with Crippen LogP contribution in [0.25, 0.3) is 0 Å². The van der Waals surface area contributed by atoms with Crippen molar-refractivity contribution in [2.24, 2.45) is 16.3 Å². The second-order valence-corrected chi connectivity index (χ2v) is 8.03. The highest BCUT2D eigenvalue weighted by atomic mass is 127. The monoisotopic (exact) mass is 503 g/mol. The first-order valence-electron chi connectivity index (χ1n) is 10.2. The number of benzene rings is 1. The van der Waals surface area contributed by atoms with Crippen LogP contribution in [0.3, 0.4) is 0 Å². The number of rotatable bonds is 6. The molecule has 1 heterocycles. The van der Waals surface area contributed by atoms with Crippen molar-refractivity contribution in [2.75, 3.05) is 19.7 Å². The van der Waals surface area contributed by atoms with Crippen molar-refractivity contribution in [3.05, 3.63) is 30.1 Å². The van der Waals surface area contributed by atoms with E-state index in [0.29, 0.717) is 30.0 Å². The molecular formula is C21H31FIN3O2. The molecule has 28 heavy (non-hydrogen) atoms. The van der Waals surface area contributed by atoms with Gasteiger partial charge in [0.15, 0.2) is 17.5 Å². The number of halogens is 2. The molecule has 4 rings (SSSR count). The second kappa shape index (κ2) is 9.15. The molecule has 5 nitrogen and oxygen atoms in total. The fraction of sp³-hybridized carbons (Fsp3) is 0.667. The molecule has 7 heteroatoms. The number of hydrogen-bond acceptors (Lipinski definition) is 3. The molecule has 0 bridgehead atoms. The van der Waals surface area contributed by atoms with Crippen LogP contribution in [0, 0.1) is 17.2 Å². The molecule has 0 radical (unpaired) electrons. The quantitative estimate of drug-likeness (QED) is 0.353. The van der Waals surface area contributed by atoms with Gasteiger partial charge in [0.25, 0.3) is 0 Å². The third kappa shape index (κ3) is 3.97. The Balaban J connectivity index is 0.00000225. The van der Waals surface area contributed by atoms with E-state index in [1.807, 2.05) is 6.92 Å². The molecule has 0 aromatic heterocycles. The van der Waals surface area contributed by atoms with Gasteiger partial charge in [-0.15, -0.1) is 24.0 Å². The van der Waals surface area contributed by atoms with Gasteiger partial charge in [-0.05, 0) is 45.2 Å². The standard InChI is InChI=1S/C21H30FN3O2.HI/c1-3-23-20(24-13-14(2)27-17-8-5-4-7-16(17)22)25-18-15-9-12-26-19(15)21(18)10-6-11-21;/h4-5,7-8,14-15,18-19H,3,6,9-13H2,1-2H3,(H2,23,24,25);1H. The maximum Gasteiger partial charge on any atom is 0.191 e. The predicted octanol–water partition coefficient (Wildman–Crippen LogP) is 3.72. The summed E-state index contributed by atoms with van der Waals surface area (Å²) in [6.45, 7) is 6.14. The van der Waals surface area contributed by atoms with Crippen molar-refractivity contribution in [2.45, 2.75) is 57.8 Å². The topological polar surface area (TPSA) is 54.9 Å². The SMILES string of the molecule is CCNC(=NCC(C)Oc1ccccc1F)NC1C2CCOC2C12CCC2.I. The Labute approximate surface area is 183 Å². The average Bonchev–Trinajstić information content (AvgIpc) is 3.03. The Kier molecular flexibility index (Phi) is 7.07. The van der Waals surface area contributed by atoms with Crippen LogP contribution in [-0.4, -0.2) is 43.9 Å². The lowest BCUT2D eigenvalue weighted by Crippen LogP contribution is -2.72. The largest absolute Gasteiger partial charge is 0.486 e. The number of guanidine groups is 1. The number of hydrogen-bond donors (Lipinski definition) is 2. The summed E-state index contributed by atoms with van der Waals surface area (Å²) in [7, 11) is 0. The predicted molar refractivity (Wildman–Crippen MR) is 119 cm³/mol. The molecule has 156 valence electrons. The summed E-state index contributed by atoms with van der Waals surface area (Å²) >= 11 is 0. The van der Waals surface area contributed by atoms with Gasteiger partial charge in [0.2, 0.25) is 0 Å². The van der Waals surface area contributed by atoms with Crippen LogP contribution in [0.4, 0.5) is 4.39 Å². The number of nitrogens with one attached hydrogen (secondary N) is 2. The second-order valence-electron chi connectivity index (χ2n) is 8.03. The van der Waals surface area contributed by atoms with Crippen LogP contribution in [0.5, 0.6) is 5.75 Å². The maximum absolute atomic E-state index is 13.8. The van der Waals surface area contributed by atoms with E-state index < -0.39 is 0 Å². The number of ether oxygens (including phenoxy) is 2. The van der Waals surface area contributed by atoms with Crippen molar-refractivity contribution < 1.29 is 13.9 Å². The minimum atomic E-state index is -0.341. The average molecular weight is 503 g/mol. The van der Waals surface area contributed by atoms with E-state index in [0.717, 1.165) is 25.5 Å². The molecule has 1 spiro atoms. The Morgan fingerprint density at radius 3 is 2.86 bits per heavy atom. The van der Waals surface area contributed by atoms with E-state index in [9.17, 15) is 4.39 Å². The first kappa shape index (κ1) is 21.6. The summed E-state index contributed by atoms with van der Waals surface area (Å²) in [5.74, 6) is 1.35. The zero-order valence-corrected chi connectivity index (χ0v) is 18.9. The van der Waals surface area contributed by atoms with Gasteiger partial charge in [0.05, 0.1) is 12.6 Å². The van der Waals surface area contributed by atoms with Gasteiger partial charge in [-0.25, -0.2) is 9.38 Å². The van der Waals surface area contributed by atoms with Gasteiger partial charge in [-0.1, -0.05) is 18.6 Å². The highest BCUT2D eigenvalue weighted by Crippen LogP contribution is 2.62. The molecule has 4 atom stereocenters. The summed E-state index contributed by atoms with van der Waals surface area (Å²) in [6, 6.07) is 6.93. The van der Waals surface area contributed by atoms with Crippen molar-refractivity contribution in [3.63, 3.8) is 0 Å². The highest BCUT2D eigenvalue weighted by molar-refractivity contribution is 14.0. The highest BCUT2D eigenvalue weighted by Gasteiger charge is 2.66. The van der Waals surface area contributed by atoms with E-state index in [4.69, 9.17) is 14.5 Å². The summed E-state index contributed by atoms with van der Waals surface area (Å²) in [4.78, 5) is 4.71. The fourth-order valence-electron chi connectivity index (χ4n) is 4.94. The van der Waals surface area contributed by atoms with E-state index in [2.05, 4.69) is 17.6 Å². The first-order chi connectivity index (χ1) is 13.1. The first-order valence-corrected chi connectivity index (χ1v) is 10.2. The van der Waals surface area contributed by atoms with Crippen LogP contribution >= 0.6 is 24.0 Å². The Morgan fingerprint density at radius 1 is 1.39 bits per heavy atom. The van der Waals surface area contributed by atoms with Gasteiger partial charge in [-0.3, -0.25) is 0 Å². The number of fused-ring (bicyclic) bond motifs is 2. The third-order valence-corrected chi connectivity index (χ3v) is 6.34. The molecule has 0 amide bonds. The minimum absolute atomic E-state index is 0. The summed E-state index contributed by atoms with van der Waals surface area (Å²) < 4.78 is 25.5. The van der Waals surface area contributed by atoms with E-state index >= 15 is 0 Å². The van der Waals surface area contributed by atoms with Gasteiger partial charge >= 0.3 is 0 Å². The molecular weight excluding hydrogens is 472 g/mol. The van der Waals surface area contributed by atoms with Crippen molar-refractivity contribution in [1.29, 1.82) is 0 Å². The lowest BCUT2D eigenvalue weighted by atomic mass is 9.46. The Hall–Kier alpha value is -1.09. The molecule has 3 fully saturated rings. The number of aliphatic imine (C=N–C) groups is 1. The zero-order chi connectivity index (χ0) is 18.9. The van der Waals surface area contributed by atoms with Crippen molar-refractivity contribution in [3.8, 4) is 5.75 Å². The van der Waals surface area contributed by atoms with Crippen LogP contribution in [0.1, 0.15) is 39.5 Å². The molecule has 3 aliphatic rings. The maximum atomic E-state index is 13.8. The lowest BCUT2D eigenvalue weighted by Gasteiger charge is -2.63. The van der Waals surface area contributed by atoms with Crippen LogP contribution in [-0.2, 0) is 4.74 Å². The molecule has 1 aliphatic heterocycles. The molecule has 2 aliphatic carbocycles. The van der Waals surface area contributed by atoms with Crippen LogP contribution in [0.15, 0.2) is 29.3 Å². The van der Waals surface area contributed by atoms with Crippen molar-refractivity contribution in [1.82, 2.24) is 10.6 Å². The fourth-order valence-corrected chi connectivity index (χ4v) is 4.94. The zero-order valence-electron chi connectivity index (χ0n) is 16.6. The molecule has 1 aromatic carbocycles. The van der Waals surface area contributed by atoms with E-state index in [1.54, 1.807) is 18.2 Å². The number of para-hydroxylation sites is 1. The van der Waals surface area contributed by atoms with Gasteiger partial charge in [-0.2, -0.15) is 0 Å². The third-order valence-electron chi connectivity index (χ3n) is 6.34. The van der Waals surface area contributed by atoms with Gasteiger partial charge in [0, 0.05) is 30.5 Å². The number of nitrogens with zero attached hydrogens (tertiary/aromatic N) is 1. The lowest BCUT2D eigenvalue weighted by molar-refractivity contribution is -0.171. The smallest absolute Gasteiger partial charge is 0.191 e. The van der Waals surface area contributed by atoms with Crippen molar-refractivity contribution >= 4 is 29.9 Å². The van der Waals surface area contributed by atoms with E-state index in [-0.39, 0.29) is 41.6 Å². The molecule has 2 N–H and O–H groups in total.